The predicted octanol–water partition coefficient (Wildman–Crippen LogP) is 2.96. The molecular weight excluding hydrogens is 535 g/mol. The van der Waals surface area contributed by atoms with Crippen LogP contribution in [0.3, 0.4) is 0 Å². The molecule has 2 heterocycles. The Morgan fingerprint density at radius 2 is 1.82 bits per heavy atom. The summed E-state index contributed by atoms with van der Waals surface area (Å²) < 4.78 is 18.0. The van der Waals surface area contributed by atoms with Gasteiger partial charge in [-0.1, -0.05) is 18.2 Å². The van der Waals surface area contributed by atoms with Crippen molar-refractivity contribution in [2.45, 2.75) is 26.4 Å². The number of guanidine groups is 1. The molecule has 33 heavy (non-hydrogen) atoms. The predicted molar refractivity (Wildman–Crippen MR) is 136 cm³/mol. The lowest BCUT2D eigenvalue weighted by Gasteiger charge is -2.13. The fourth-order valence-corrected chi connectivity index (χ4v) is 3.27. The third-order valence-corrected chi connectivity index (χ3v) is 5.32. The SMILES string of the molecule is COc1ccc(CN=C(NCCc2ccc3c(c2)OCO3)NCc2nnc(C)n2C)cc1.I. The minimum Gasteiger partial charge on any atom is -0.497 e. The minimum absolute atomic E-state index is 0. The van der Waals surface area contributed by atoms with Crippen molar-refractivity contribution in [3.05, 3.63) is 65.2 Å². The van der Waals surface area contributed by atoms with Crippen LogP contribution in [0.2, 0.25) is 0 Å². The molecule has 176 valence electrons. The normalized spacial score (nSPS) is 12.3. The summed E-state index contributed by atoms with van der Waals surface area (Å²) in [6.07, 6.45) is 0.822. The van der Waals surface area contributed by atoms with Crippen LogP contribution in [0, 0.1) is 6.92 Å². The van der Waals surface area contributed by atoms with Crippen molar-refractivity contribution >= 4 is 29.9 Å². The first kappa shape index (κ1) is 24.6. The molecule has 1 aromatic heterocycles. The van der Waals surface area contributed by atoms with Gasteiger partial charge in [0.05, 0.1) is 20.2 Å². The number of hydrogen-bond donors (Lipinski definition) is 2. The Kier molecular flexibility index (Phi) is 8.75. The molecule has 0 atom stereocenters. The molecule has 0 radical (unpaired) electrons. The number of nitrogens with zero attached hydrogens (tertiary/aromatic N) is 4. The molecule has 10 heteroatoms. The first-order chi connectivity index (χ1) is 15.6. The van der Waals surface area contributed by atoms with Crippen molar-refractivity contribution in [3.63, 3.8) is 0 Å². The molecule has 0 unspecified atom stereocenters. The van der Waals surface area contributed by atoms with Crippen LogP contribution in [0.25, 0.3) is 0 Å². The van der Waals surface area contributed by atoms with Crippen molar-refractivity contribution in [2.24, 2.45) is 12.0 Å². The second kappa shape index (κ2) is 11.7. The van der Waals surface area contributed by atoms with Gasteiger partial charge in [-0.2, -0.15) is 0 Å². The van der Waals surface area contributed by atoms with Crippen LogP contribution in [0.5, 0.6) is 17.2 Å². The minimum atomic E-state index is 0. The zero-order valence-electron chi connectivity index (χ0n) is 19.0. The Morgan fingerprint density at radius 3 is 2.55 bits per heavy atom. The Morgan fingerprint density at radius 1 is 1.06 bits per heavy atom. The van der Waals surface area contributed by atoms with Crippen molar-refractivity contribution in [3.8, 4) is 17.2 Å². The molecule has 3 aromatic rings. The van der Waals surface area contributed by atoms with E-state index in [2.05, 4.69) is 26.9 Å². The smallest absolute Gasteiger partial charge is 0.231 e. The summed E-state index contributed by atoms with van der Waals surface area (Å²) in [4.78, 5) is 4.74. The maximum Gasteiger partial charge on any atom is 0.231 e. The standard InChI is InChI=1S/C23H28N6O3.HI/c1-16-27-28-22(29(16)2)14-26-23(25-13-18-4-7-19(30-3)8-5-18)24-11-10-17-6-9-20-21(12-17)32-15-31-20;/h4-9,12H,10-11,13-15H2,1-3H3,(H2,24,25,26);1H. The number of rotatable bonds is 8. The molecule has 9 nitrogen and oxygen atoms in total. The number of nitrogens with one attached hydrogen (secondary N) is 2. The molecule has 0 spiro atoms. The molecule has 4 rings (SSSR count). The van der Waals surface area contributed by atoms with E-state index in [1.807, 2.05) is 54.9 Å². The average molecular weight is 564 g/mol. The van der Waals surface area contributed by atoms with E-state index in [0.717, 1.165) is 40.9 Å². The van der Waals surface area contributed by atoms with Crippen LogP contribution in [0.4, 0.5) is 0 Å². The van der Waals surface area contributed by atoms with Gasteiger partial charge < -0.3 is 29.4 Å². The van der Waals surface area contributed by atoms with E-state index in [4.69, 9.17) is 19.2 Å². The van der Waals surface area contributed by atoms with Gasteiger partial charge in [0.1, 0.15) is 11.6 Å². The molecule has 0 bridgehead atoms. The Balaban J connectivity index is 0.00000306. The van der Waals surface area contributed by atoms with Gasteiger partial charge in [0.15, 0.2) is 23.3 Å². The van der Waals surface area contributed by atoms with E-state index in [0.29, 0.717) is 25.6 Å². The topological polar surface area (TPSA) is 94.8 Å². The molecular formula is C23H29IN6O3. The molecule has 1 aliphatic rings. The van der Waals surface area contributed by atoms with Gasteiger partial charge in [0, 0.05) is 13.6 Å². The summed E-state index contributed by atoms with van der Waals surface area (Å²) in [6.45, 7) is 3.99. The highest BCUT2D eigenvalue weighted by molar-refractivity contribution is 14.0. The van der Waals surface area contributed by atoms with Gasteiger partial charge in [-0.25, -0.2) is 4.99 Å². The Labute approximate surface area is 210 Å². The van der Waals surface area contributed by atoms with E-state index in [1.54, 1.807) is 7.11 Å². The highest BCUT2D eigenvalue weighted by atomic mass is 127. The summed E-state index contributed by atoms with van der Waals surface area (Å²) >= 11 is 0. The monoisotopic (exact) mass is 564 g/mol. The summed E-state index contributed by atoms with van der Waals surface area (Å²) in [5.41, 5.74) is 2.26. The number of ether oxygens (including phenoxy) is 3. The van der Waals surface area contributed by atoms with Crippen LogP contribution in [0.15, 0.2) is 47.5 Å². The number of aromatic nitrogens is 3. The second-order valence-electron chi connectivity index (χ2n) is 7.45. The van der Waals surface area contributed by atoms with Gasteiger partial charge in [-0.15, -0.1) is 34.2 Å². The molecule has 0 saturated heterocycles. The van der Waals surface area contributed by atoms with E-state index >= 15 is 0 Å². The van der Waals surface area contributed by atoms with E-state index in [1.165, 1.54) is 5.56 Å². The highest BCUT2D eigenvalue weighted by Crippen LogP contribution is 2.32. The van der Waals surface area contributed by atoms with Gasteiger partial charge >= 0.3 is 0 Å². The number of halogens is 1. The number of aliphatic imine (C=N–C) groups is 1. The first-order valence-corrected chi connectivity index (χ1v) is 10.5. The lowest BCUT2D eigenvalue weighted by Crippen LogP contribution is -2.38. The van der Waals surface area contributed by atoms with Gasteiger partial charge in [-0.05, 0) is 48.7 Å². The zero-order valence-corrected chi connectivity index (χ0v) is 21.3. The fraction of sp³-hybridized carbons (Fsp3) is 0.348. The molecule has 0 fully saturated rings. The average Bonchev–Trinajstić information content (AvgIpc) is 3.42. The maximum atomic E-state index is 5.47. The quantitative estimate of drug-likeness (QED) is 0.247. The van der Waals surface area contributed by atoms with Crippen LogP contribution in [0.1, 0.15) is 22.8 Å². The van der Waals surface area contributed by atoms with Crippen LogP contribution in [-0.2, 0) is 26.6 Å². The molecule has 2 aromatic carbocycles. The number of aryl methyl sites for hydroxylation is 1. The number of benzene rings is 2. The van der Waals surface area contributed by atoms with Gasteiger partial charge in [0.25, 0.3) is 0 Å². The second-order valence-corrected chi connectivity index (χ2v) is 7.45. The van der Waals surface area contributed by atoms with Crippen molar-refractivity contribution < 1.29 is 14.2 Å². The molecule has 0 aliphatic carbocycles. The summed E-state index contributed by atoms with van der Waals surface area (Å²) in [6, 6.07) is 13.9. The maximum absolute atomic E-state index is 5.47. The van der Waals surface area contributed by atoms with Gasteiger partial charge in [-0.3, -0.25) is 0 Å². The van der Waals surface area contributed by atoms with Gasteiger partial charge in [0.2, 0.25) is 6.79 Å². The van der Waals surface area contributed by atoms with Crippen molar-refractivity contribution in [1.29, 1.82) is 0 Å². The largest absolute Gasteiger partial charge is 0.497 e. The van der Waals surface area contributed by atoms with Crippen LogP contribution >= 0.6 is 24.0 Å². The molecule has 2 N–H and O–H groups in total. The molecule has 0 amide bonds. The fourth-order valence-electron chi connectivity index (χ4n) is 3.27. The first-order valence-electron chi connectivity index (χ1n) is 10.5. The number of hydrogen-bond acceptors (Lipinski definition) is 6. The summed E-state index contributed by atoms with van der Waals surface area (Å²) in [5.74, 6) is 4.85. The summed E-state index contributed by atoms with van der Waals surface area (Å²) in [7, 11) is 3.61. The molecule has 1 aliphatic heterocycles. The highest BCUT2D eigenvalue weighted by Gasteiger charge is 2.13. The van der Waals surface area contributed by atoms with Crippen molar-refractivity contribution in [2.75, 3.05) is 20.4 Å². The van der Waals surface area contributed by atoms with Crippen LogP contribution in [-0.4, -0.2) is 41.2 Å². The number of methoxy groups -OCH3 is 1. The van der Waals surface area contributed by atoms with E-state index < -0.39 is 0 Å². The lowest BCUT2D eigenvalue weighted by atomic mass is 10.1. The van der Waals surface area contributed by atoms with E-state index in [9.17, 15) is 0 Å². The van der Waals surface area contributed by atoms with Crippen molar-refractivity contribution in [1.82, 2.24) is 25.4 Å². The van der Waals surface area contributed by atoms with E-state index in [-0.39, 0.29) is 30.8 Å². The Hall–Kier alpha value is -3.02. The molecule has 0 saturated carbocycles. The third kappa shape index (κ3) is 6.50. The summed E-state index contributed by atoms with van der Waals surface area (Å²) in [5, 5.41) is 15.1. The lowest BCUT2D eigenvalue weighted by molar-refractivity contribution is 0.174. The Bertz CT molecular complexity index is 1080. The number of fused-ring (bicyclic) bond motifs is 1. The zero-order chi connectivity index (χ0) is 22.3. The van der Waals surface area contributed by atoms with Crippen LogP contribution < -0.4 is 24.8 Å². The third-order valence-electron chi connectivity index (χ3n) is 5.32.